The number of aliphatic carboxylic acids is 1. The molecule has 1 aromatic carbocycles. The van der Waals surface area contributed by atoms with Gasteiger partial charge in [-0.1, -0.05) is 19.1 Å². The van der Waals surface area contributed by atoms with Crippen molar-refractivity contribution in [3.63, 3.8) is 0 Å². The van der Waals surface area contributed by atoms with Gasteiger partial charge in [-0.2, -0.15) is 0 Å². The number of carboxylic acids is 1. The van der Waals surface area contributed by atoms with Crippen LogP contribution in [0.25, 0.3) is 0 Å². The smallest absolute Gasteiger partial charge is 0.313 e. The van der Waals surface area contributed by atoms with Crippen molar-refractivity contribution < 1.29 is 14.7 Å². The molecule has 21 heavy (non-hydrogen) atoms. The second-order valence-electron chi connectivity index (χ2n) is 5.75. The van der Waals surface area contributed by atoms with Gasteiger partial charge in [0.1, 0.15) is 0 Å². The lowest BCUT2D eigenvalue weighted by molar-refractivity contribution is -0.142. The fourth-order valence-electron chi connectivity index (χ4n) is 1.71. The second-order valence-corrected chi connectivity index (χ2v) is 5.75. The molecular formula is C16H24N2O3. The van der Waals surface area contributed by atoms with E-state index in [9.17, 15) is 14.7 Å². The molecule has 0 radical (unpaired) electrons. The Morgan fingerprint density at radius 2 is 1.81 bits per heavy atom. The van der Waals surface area contributed by atoms with Crippen molar-refractivity contribution >= 4 is 17.6 Å². The summed E-state index contributed by atoms with van der Waals surface area (Å²) in [6.07, 6.45) is 0.965. The zero-order chi connectivity index (χ0) is 16.0. The SMILES string of the molecule is CCC(C)NCC(=O)Nc1ccc(C(C)(C)C(=O)O)cc1. The van der Waals surface area contributed by atoms with Gasteiger partial charge in [0.15, 0.2) is 0 Å². The molecule has 0 aliphatic carbocycles. The molecule has 0 aliphatic rings. The topological polar surface area (TPSA) is 78.4 Å². The van der Waals surface area contributed by atoms with Gasteiger partial charge in [0.05, 0.1) is 12.0 Å². The van der Waals surface area contributed by atoms with Gasteiger partial charge in [-0.15, -0.1) is 0 Å². The molecule has 116 valence electrons. The highest BCUT2D eigenvalue weighted by atomic mass is 16.4. The number of carbonyl (C=O) groups is 2. The summed E-state index contributed by atoms with van der Waals surface area (Å²) in [6.45, 7) is 7.64. The van der Waals surface area contributed by atoms with Crippen LogP contribution in [0.3, 0.4) is 0 Å². The van der Waals surface area contributed by atoms with Crippen molar-refractivity contribution in [2.24, 2.45) is 0 Å². The summed E-state index contributed by atoms with van der Waals surface area (Å²) in [4.78, 5) is 22.9. The summed E-state index contributed by atoms with van der Waals surface area (Å²) in [6, 6.07) is 7.20. The Kier molecular flexibility index (Phi) is 5.90. The number of benzene rings is 1. The zero-order valence-electron chi connectivity index (χ0n) is 13.1. The van der Waals surface area contributed by atoms with Gasteiger partial charge in [-0.3, -0.25) is 9.59 Å². The summed E-state index contributed by atoms with van der Waals surface area (Å²) in [5.41, 5.74) is 0.419. The number of nitrogens with one attached hydrogen (secondary N) is 2. The molecule has 1 unspecified atom stereocenters. The van der Waals surface area contributed by atoms with Crippen molar-refractivity contribution in [1.82, 2.24) is 5.32 Å². The Hall–Kier alpha value is -1.88. The van der Waals surface area contributed by atoms with E-state index in [1.54, 1.807) is 38.1 Å². The Labute approximate surface area is 125 Å². The molecule has 5 heteroatoms. The number of hydrogen-bond acceptors (Lipinski definition) is 3. The minimum atomic E-state index is -0.944. The molecule has 3 N–H and O–H groups in total. The van der Waals surface area contributed by atoms with Crippen LogP contribution < -0.4 is 10.6 Å². The van der Waals surface area contributed by atoms with E-state index >= 15 is 0 Å². The largest absolute Gasteiger partial charge is 0.481 e. The number of carboxylic acid groups (broad SMARTS) is 1. The van der Waals surface area contributed by atoms with Crippen molar-refractivity contribution in [1.29, 1.82) is 0 Å². The highest BCUT2D eigenvalue weighted by Gasteiger charge is 2.29. The molecule has 0 saturated carbocycles. The fourth-order valence-corrected chi connectivity index (χ4v) is 1.71. The predicted octanol–water partition coefficient (Wildman–Crippen LogP) is 2.38. The Morgan fingerprint density at radius 3 is 2.29 bits per heavy atom. The molecule has 0 spiro atoms. The van der Waals surface area contributed by atoms with E-state index in [1.165, 1.54) is 0 Å². The third kappa shape index (κ3) is 4.86. The minimum absolute atomic E-state index is 0.111. The fraction of sp³-hybridized carbons (Fsp3) is 0.500. The maximum Gasteiger partial charge on any atom is 0.313 e. The lowest BCUT2D eigenvalue weighted by atomic mass is 9.85. The molecule has 0 bridgehead atoms. The van der Waals surface area contributed by atoms with Crippen molar-refractivity contribution in [3.05, 3.63) is 29.8 Å². The zero-order valence-corrected chi connectivity index (χ0v) is 13.1. The van der Waals surface area contributed by atoms with Crippen LogP contribution in [-0.2, 0) is 15.0 Å². The third-order valence-electron chi connectivity index (χ3n) is 3.65. The molecule has 1 aromatic rings. The van der Waals surface area contributed by atoms with E-state index in [4.69, 9.17) is 0 Å². The van der Waals surface area contributed by atoms with Gasteiger partial charge >= 0.3 is 5.97 Å². The Balaban J connectivity index is 2.63. The molecule has 5 nitrogen and oxygen atoms in total. The van der Waals surface area contributed by atoms with E-state index in [1.807, 2.05) is 6.92 Å². The van der Waals surface area contributed by atoms with E-state index in [0.29, 0.717) is 17.3 Å². The third-order valence-corrected chi connectivity index (χ3v) is 3.65. The average Bonchev–Trinajstić information content (AvgIpc) is 2.45. The van der Waals surface area contributed by atoms with Crippen LogP contribution in [0.2, 0.25) is 0 Å². The molecule has 1 atom stereocenters. The molecular weight excluding hydrogens is 268 g/mol. The van der Waals surface area contributed by atoms with Crippen LogP contribution in [0.1, 0.15) is 39.7 Å². The maximum atomic E-state index is 11.8. The summed E-state index contributed by atoms with van der Waals surface area (Å²) >= 11 is 0. The monoisotopic (exact) mass is 292 g/mol. The summed E-state index contributed by atoms with van der Waals surface area (Å²) in [7, 11) is 0. The molecule has 1 amide bonds. The molecule has 0 heterocycles. The number of hydrogen-bond donors (Lipinski definition) is 3. The average molecular weight is 292 g/mol. The van der Waals surface area contributed by atoms with Crippen LogP contribution in [0.15, 0.2) is 24.3 Å². The first-order valence-corrected chi connectivity index (χ1v) is 7.14. The first-order valence-electron chi connectivity index (χ1n) is 7.14. The Morgan fingerprint density at radius 1 is 1.24 bits per heavy atom. The maximum absolute atomic E-state index is 11.8. The van der Waals surface area contributed by atoms with Crippen LogP contribution >= 0.6 is 0 Å². The molecule has 0 aromatic heterocycles. The van der Waals surface area contributed by atoms with Crippen LogP contribution in [0.5, 0.6) is 0 Å². The molecule has 0 aliphatic heterocycles. The number of carbonyl (C=O) groups excluding carboxylic acids is 1. The van der Waals surface area contributed by atoms with Crippen molar-refractivity contribution in [2.75, 3.05) is 11.9 Å². The van der Waals surface area contributed by atoms with Gasteiger partial charge in [0.2, 0.25) is 5.91 Å². The van der Waals surface area contributed by atoms with Gasteiger partial charge in [0, 0.05) is 11.7 Å². The molecule has 0 saturated heterocycles. The van der Waals surface area contributed by atoms with Crippen LogP contribution in [-0.4, -0.2) is 29.6 Å². The van der Waals surface area contributed by atoms with Crippen LogP contribution in [0, 0.1) is 0 Å². The molecule has 1 rings (SSSR count). The quantitative estimate of drug-likeness (QED) is 0.721. The van der Waals surface area contributed by atoms with Gasteiger partial charge < -0.3 is 15.7 Å². The highest BCUT2D eigenvalue weighted by Crippen LogP contribution is 2.24. The summed E-state index contributed by atoms with van der Waals surface area (Å²) < 4.78 is 0. The van der Waals surface area contributed by atoms with Crippen molar-refractivity contribution in [3.8, 4) is 0 Å². The predicted molar refractivity (Wildman–Crippen MR) is 83.5 cm³/mol. The van der Waals surface area contributed by atoms with E-state index in [-0.39, 0.29) is 12.5 Å². The minimum Gasteiger partial charge on any atom is -0.481 e. The lowest BCUT2D eigenvalue weighted by Crippen LogP contribution is -2.34. The standard InChI is InChI=1S/C16H24N2O3/c1-5-11(2)17-10-14(19)18-13-8-6-12(7-9-13)16(3,4)15(20)21/h6-9,11,17H,5,10H2,1-4H3,(H,18,19)(H,20,21). The van der Waals surface area contributed by atoms with Gasteiger partial charge in [-0.25, -0.2) is 0 Å². The first-order chi connectivity index (χ1) is 9.77. The van der Waals surface area contributed by atoms with E-state index in [2.05, 4.69) is 17.6 Å². The van der Waals surface area contributed by atoms with E-state index in [0.717, 1.165) is 6.42 Å². The summed E-state index contributed by atoms with van der Waals surface area (Å²) in [5, 5.41) is 15.1. The van der Waals surface area contributed by atoms with E-state index < -0.39 is 11.4 Å². The second kappa shape index (κ2) is 7.22. The number of rotatable bonds is 7. The van der Waals surface area contributed by atoms with Crippen molar-refractivity contribution in [2.45, 2.75) is 45.6 Å². The molecule has 0 fully saturated rings. The normalized spacial score (nSPS) is 12.8. The lowest BCUT2D eigenvalue weighted by Gasteiger charge is -2.20. The summed E-state index contributed by atoms with van der Waals surface area (Å²) in [5.74, 6) is -0.988. The Bertz CT molecular complexity index is 495. The van der Waals surface area contributed by atoms with Gasteiger partial charge in [0.25, 0.3) is 0 Å². The number of anilines is 1. The first kappa shape index (κ1) is 17.2. The van der Waals surface area contributed by atoms with Gasteiger partial charge in [-0.05, 0) is 44.9 Å². The number of amides is 1. The highest BCUT2D eigenvalue weighted by molar-refractivity contribution is 5.92. The van der Waals surface area contributed by atoms with Crippen LogP contribution in [0.4, 0.5) is 5.69 Å².